The van der Waals surface area contributed by atoms with E-state index in [4.69, 9.17) is 4.84 Å². The molecule has 7 nitrogen and oxygen atoms in total. The van der Waals surface area contributed by atoms with Gasteiger partial charge in [-0.05, 0) is 56.5 Å². The Kier molecular flexibility index (Phi) is 6.56. The highest BCUT2D eigenvalue weighted by molar-refractivity contribution is 5.94. The lowest BCUT2D eigenvalue weighted by Gasteiger charge is -2.34. The second-order valence-electron chi connectivity index (χ2n) is 9.30. The lowest BCUT2D eigenvalue weighted by atomic mass is 10.0. The molecule has 0 spiro atoms. The van der Waals surface area contributed by atoms with E-state index in [0.717, 1.165) is 16.7 Å². The van der Waals surface area contributed by atoms with Crippen molar-refractivity contribution in [3.05, 3.63) is 95.6 Å². The largest absolute Gasteiger partial charge is 0.435 e. The third-order valence-electron chi connectivity index (χ3n) is 5.64. The zero-order valence-corrected chi connectivity index (χ0v) is 19.9. The van der Waals surface area contributed by atoms with Crippen LogP contribution < -0.4 is 15.5 Å². The minimum atomic E-state index is -0.466. The maximum absolute atomic E-state index is 13.1. The van der Waals surface area contributed by atoms with Gasteiger partial charge >= 0.3 is 12.1 Å². The first-order valence-electron chi connectivity index (χ1n) is 11.3. The molecule has 4 rings (SSSR count). The summed E-state index contributed by atoms with van der Waals surface area (Å²) in [4.78, 5) is 33.0. The number of carbonyl (C=O) groups excluding carboxylic acids is 2. The van der Waals surface area contributed by atoms with E-state index in [0.29, 0.717) is 17.9 Å². The maximum Gasteiger partial charge on any atom is 0.435 e. The third kappa shape index (κ3) is 5.05. The van der Waals surface area contributed by atoms with Crippen molar-refractivity contribution >= 4 is 23.5 Å². The number of nitrogens with zero attached hydrogens (tertiary/aromatic N) is 2. The van der Waals surface area contributed by atoms with Crippen LogP contribution in [0, 0.1) is 6.92 Å². The first kappa shape index (κ1) is 23.3. The predicted octanol–water partition coefficient (Wildman–Crippen LogP) is 5.99. The number of anilines is 2. The Labute approximate surface area is 200 Å². The monoisotopic (exact) mass is 458 g/mol. The molecule has 0 aromatic heterocycles. The van der Waals surface area contributed by atoms with Gasteiger partial charge in [-0.15, -0.1) is 5.06 Å². The topological polar surface area (TPSA) is 73.9 Å². The summed E-state index contributed by atoms with van der Waals surface area (Å²) in [7, 11) is 0. The van der Waals surface area contributed by atoms with Gasteiger partial charge in [0.15, 0.2) is 6.17 Å². The number of aryl methyl sites for hydroxylation is 1. The van der Waals surface area contributed by atoms with Gasteiger partial charge in [-0.3, -0.25) is 4.90 Å². The van der Waals surface area contributed by atoms with Crippen LogP contribution in [0.1, 0.15) is 43.6 Å². The van der Waals surface area contributed by atoms with Crippen LogP contribution in [0.4, 0.5) is 21.0 Å². The Morgan fingerprint density at radius 3 is 2.26 bits per heavy atom. The average molecular weight is 459 g/mol. The molecule has 1 fully saturated rings. The van der Waals surface area contributed by atoms with Crippen molar-refractivity contribution < 1.29 is 14.4 Å². The smallest absolute Gasteiger partial charge is 0.348 e. The van der Waals surface area contributed by atoms with Crippen molar-refractivity contribution in [3.8, 4) is 0 Å². The van der Waals surface area contributed by atoms with E-state index >= 15 is 0 Å². The Morgan fingerprint density at radius 2 is 1.62 bits per heavy atom. The molecule has 3 amide bonds. The maximum atomic E-state index is 13.1. The molecule has 1 aliphatic rings. The summed E-state index contributed by atoms with van der Waals surface area (Å²) in [5.74, 6) is 0. The molecule has 0 saturated carbocycles. The highest BCUT2D eigenvalue weighted by Gasteiger charge is 2.47. The fraction of sp³-hybridized carbons (Fsp3) is 0.259. The van der Waals surface area contributed by atoms with Crippen LogP contribution in [0.5, 0.6) is 0 Å². The number of amides is 3. The SMILES string of the molecule is Cc1ccc(N2C(=O)ON(C(C)(C)C)C2c2ccccc2)cc1NC(=O)NCc1ccccc1. The molecular formula is C27H30N4O3. The normalized spacial score (nSPS) is 16.3. The predicted molar refractivity (Wildman–Crippen MR) is 133 cm³/mol. The van der Waals surface area contributed by atoms with Crippen molar-refractivity contribution in [2.75, 3.05) is 10.2 Å². The minimum absolute atomic E-state index is 0.316. The summed E-state index contributed by atoms with van der Waals surface area (Å²) < 4.78 is 0. The van der Waals surface area contributed by atoms with Crippen LogP contribution in [-0.4, -0.2) is 22.7 Å². The summed E-state index contributed by atoms with van der Waals surface area (Å²) in [6.45, 7) is 8.33. The Balaban J connectivity index is 1.60. The Morgan fingerprint density at radius 1 is 0.971 bits per heavy atom. The molecule has 3 aromatic rings. The van der Waals surface area contributed by atoms with Crippen molar-refractivity contribution in [1.29, 1.82) is 0 Å². The van der Waals surface area contributed by atoms with E-state index in [1.165, 1.54) is 0 Å². The highest BCUT2D eigenvalue weighted by Crippen LogP contribution is 2.41. The van der Waals surface area contributed by atoms with E-state index in [-0.39, 0.29) is 6.03 Å². The Hall–Kier alpha value is -3.84. The average Bonchev–Trinajstić information content (AvgIpc) is 3.18. The van der Waals surface area contributed by atoms with E-state index in [9.17, 15) is 9.59 Å². The summed E-state index contributed by atoms with van der Waals surface area (Å²) in [5.41, 5.74) is 3.66. The van der Waals surface area contributed by atoms with Gasteiger partial charge in [0.05, 0.1) is 11.2 Å². The molecule has 7 heteroatoms. The van der Waals surface area contributed by atoms with Crippen LogP contribution in [0.3, 0.4) is 0 Å². The van der Waals surface area contributed by atoms with Crippen molar-refractivity contribution in [2.24, 2.45) is 0 Å². The molecule has 0 aliphatic carbocycles. The lowest BCUT2D eigenvalue weighted by Crippen LogP contribution is -2.42. The minimum Gasteiger partial charge on any atom is -0.348 e. The highest BCUT2D eigenvalue weighted by atomic mass is 16.7. The number of hydroxylamine groups is 2. The molecular weight excluding hydrogens is 428 g/mol. The van der Waals surface area contributed by atoms with Crippen molar-refractivity contribution in [3.63, 3.8) is 0 Å². The van der Waals surface area contributed by atoms with Crippen molar-refractivity contribution in [1.82, 2.24) is 10.4 Å². The van der Waals surface area contributed by atoms with Gasteiger partial charge in [0.2, 0.25) is 0 Å². The van der Waals surface area contributed by atoms with E-state index in [1.54, 1.807) is 16.0 Å². The van der Waals surface area contributed by atoms with E-state index in [2.05, 4.69) is 10.6 Å². The molecule has 3 aromatic carbocycles. The number of benzene rings is 3. The van der Waals surface area contributed by atoms with Crippen LogP contribution in [0.25, 0.3) is 0 Å². The molecule has 1 heterocycles. The molecule has 0 radical (unpaired) electrons. The zero-order valence-electron chi connectivity index (χ0n) is 19.9. The summed E-state index contributed by atoms with van der Waals surface area (Å²) in [6, 6.07) is 24.7. The molecule has 1 saturated heterocycles. The molecule has 1 atom stereocenters. The first-order chi connectivity index (χ1) is 16.2. The van der Waals surface area contributed by atoms with Gasteiger partial charge in [0.1, 0.15) is 0 Å². The first-order valence-corrected chi connectivity index (χ1v) is 11.3. The number of carbonyl (C=O) groups is 2. The quantitative estimate of drug-likeness (QED) is 0.493. The third-order valence-corrected chi connectivity index (χ3v) is 5.64. The van der Waals surface area contributed by atoms with Crippen LogP contribution >= 0.6 is 0 Å². The fourth-order valence-electron chi connectivity index (χ4n) is 3.88. The number of hydrogen-bond donors (Lipinski definition) is 2. The van der Waals surface area contributed by atoms with Gasteiger partial charge in [0, 0.05) is 12.2 Å². The lowest BCUT2D eigenvalue weighted by molar-refractivity contribution is -0.153. The van der Waals surface area contributed by atoms with Gasteiger partial charge in [-0.25, -0.2) is 9.59 Å². The van der Waals surface area contributed by atoms with Crippen LogP contribution in [-0.2, 0) is 11.4 Å². The number of nitrogens with one attached hydrogen (secondary N) is 2. The second kappa shape index (κ2) is 9.57. The summed E-state index contributed by atoms with van der Waals surface area (Å²) in [5, 5.41) is 7.50. The molecule has 1 unspecified atom stereocenters. The van der Waals surface area contributed by atoms with Gasteiger partial charge < -0.3 is 15.5 Å². The Bertz CT molecular complexity index is 1160. The number of urea groups is 1. The van der Waals surface area contributed by atoms with Gasteiger partial charge in [-0.2, -0.15) is 0 Å². The molecule has 0 bridgehead atoms. The zero-order chi connectivity index (χ0) is 24.3. The second-order valence-corrected chi connectivity index (χ2v) is 9.30. The molecule has 176 valence electrons. The molecule has 1 aliphatic heterocycles. The summed E-state index contributed by atoms with van der Waals surface area (Å²) >= 11 is 0. The van der Waals surface area contributed by atoms with Gasteiger partial charge in [0.25, 0.3) is 0 Å². The van der Waals surface area contributed by atoms with Crippen molar-refractivity contribution in [2.45, 2.75) is 45.9 Å². The standard InChI is InChI=1S/C27H30N4O3/c1-19-15-16-22(17-23(19)29-25(32)28-18-20-11-7-5-8-12-20)30-24(21-13-9-6-10-14-21)31(27(2,3)4)34-26(30)33/h5-17,24H,18H2,1-4H3,(H2,28,29,32). The van der Waals surface area contributed by atoms with E-state index in [1.807, 2.05) is 100 Å². The van der Waals surface area contributed by atoms with Crippen LogP contribution in [0.15, 0.2) is 78.9 Å². The molecule has 2 N–H and O–H groups in total. The number of hydrogen-bond acceptors (Lipinski definition) is 4. The van der Waals surface area contributed by atoms with Crippen LogP contribution in [0.2, 0.25) is 0 Å². The van der Waals surface area contributed by atoms with Gasteiger partial charge in [-0.1, -0.05) is 66.7 Å². The summed E-state index contributed by atoms with van der Waals surface area (Å²) in [6.07, 6.45) is -0.914. The fourth-order valence-corrected chi connectivity index (χ4v) is 3.88. The van der Waals surface area contributed by atoms with E-state index < -0.39 is 17.8 Å². The number of rotatable bonds is 5. The molecule has 34 heavy (non-hydrogen) atoms.